The van der Waals surface area contributed by atoms with Crippen LogP contribution in [0.1, 0.15) is 11.1 Å². The van der Waals surface area contributed by atoms with Crippen LogP contribution >= 0.6 is 12.2 Å². The van der Waals surface area contributed by atoms with Gasteiger partial charge >= 0.3 is 0 Å². The van der Waals surface area contributed by atoms with E-state index in [1.807, 2.05) is 48.3 Å². The summed E-state index contributed by atoms with van der Waals surface area (Å²) in [7, 11) is 1.96. The van der Waals surface area contributed by atoms with Crippen molar-refractivity contribution < 1.29 is 4.74 Å². The van der Waals surface area contributed by atoms with Gasteiger partial charge in [0.2, 0.25) is 0 Å². The number of likely N-dealkylation sites (N-methyl/N-ethyl adjacent to an activating group) is 1. The van der Waals surface area contributed by atoms with Crippen LogP contribution in [0.25, 0.3) is 0 Å². The van der Waals surface area contributed by atoms with Gasteiger partial charge < -0.3 is 15.0 Å². The second kappa shape index (κ2) is 7.80. The monoisotopic (exact) mass is 314 g/mol. The number of aryl methyl sites for hydroxylation is 2. The highest BCUT2D eigenvalue weighted by Gasteiger charge is 2.05. The van der Waals surface area contributed by atoms with Gasteiger partial charge in [0.25, 0.3) is 0 Å². The zero-order chi connectivity index (χ0) is 15.9. The summed E-state index contributed by atoms with van der Waals surface area (Å²) in [6.07, 6.45) is 0. The number of ether oxygens (including phenoxy) is 1. The molecule has 0 spiro atoms. The lowest BCUT2D eigenvalue weighted by molar-refractivity contribution is 0.285. The van der Waals surface area contributed by atoms with Crippen LogP contribution in [0.15, 0.2) is 48.5 Å². The summed E-state index contributed by atoms with van der Waals surface area (Å²) in [5, 5.41) is 3.95. The molecule has 0 aliphatic heterocycles. The zero-order valence-corrected chi connectivity index (χ0v) is 14.1. The third-order valence-corrected chi connectivity index (χ3v) is 3.96. The summed E-state index contributed by atoms with van der Waals surface area (Å²) in [5.74, 6) is 0.879. The normalized spacial score (nSPS) is 10.1. The Morgan fingerprint density at radius 1 is 1.09 bits per heavy atom. The zero-order valence-electron chi connectivity index (χ0n) is 13.3. The lowest BCUT2D eigenvalue weighted by Crippen LogP contribution is -2.34. The van der Waals surface area contributed by atoms with Crippen molar-refractivity contribution in [1.82, 2.24) is 4.90 Å². The summed E-state index contributed by atoms with van der Waals surface area (Å²) in [6, 6.07) is 16.0. The van der Waals surface area contributed by atoms with Crippen LogP contribution in [0.2, 0.25) is 0 Å². The van der Waals surface area contributed by atoms with Crippen LogP contribution in [-0.2, 0) is 0 Å². The fourth-order valence-corrected chi connectivity index (χ4v) is 2.17. The van der Waals surface area contributed by atoms with Crippen molar-refractivity contribution in [3.05, 3.63) is 59.7 Å². The third-order valence-electron chi connectivity index (χ3n) is 3.54. The van der Waals surface area contributed by atoms with Crippen LogP contribution in [-0.4, -0.2) is 30.2 Å². The summed E-state index contributed by atoms with van der Waals surface area (Å²) in [4.78, 5) is 1.98. The Labute approximate surface area is 137 Å². The third kappa shape index (κ3) is 4.74. The standard InChI is InChI=1S/C18H22N2OS/c1-14-9-10-16(13-15(14)2)19-18(22)20(3)11-12-21-17-7-5-4-6-8-17/h4-10,13H,11-12H2,1-3H3,(H,19,22). The summed E-state index contributed by atoms with van der Waals surface area (Å²) in [5.41, 5.74) is 3.55. The van der Waals surface area contributed by atoms with Crippen LogP contribution in [0.3, 0.4) is 0 Å². The number of thiocarbonyl (C=S) groups is 1. The molecule has 0 saturated heterocycles. The number of nitrogens with zero attached hydrogens (tertiary/aromatic N) is 1. The molecule has 0 radical (unpaired) electrons. The Kier molecular flexibility index (Phi) is 5.78. The highest BCUT2D eigenvalue weighted by molar-refractivity contribution is 7.80. The van der Waals surface area contributed by atoms with E-state index in [1.165, 1.54) is 11.1 Å². The molecule has 22 heavy (non-hydrogen) atoms. The number of benzene rings is 2. The second-order valence-electron chi connectivity index (χ2n) is 5.31. The highest BCUT2D eigenvalue weighted by atomic mass is 32.1. The van der Waals surface area contributed by atoms with Gasteiger partial charge in [-0.1, -0.05) is 24.3 Å². The number of para-hydroxylation sites is 1. The second-order valence-corrected chi connectivity index (χ2v) is 5.70. The molecule has 116 valence electrons. The van der Waals surface area contributed by atoms with E-state index >= 15 is 0 Å². The number of hydrogen-bond acceptors (Lipinski definition) is 2. The predicted molar refractivity (Wildman–Crippen MR) is 96.7 cm³/mol. The Hall–Kier alpha value is -2.07. The van der Waals surface area contributed by atoms with Crippen LogP contribution in [0, 0.1) is 13.8 Å². The maximum atomic E-state index is 5.68. The van der Waals surface area contributed by atoms with Gasteiger partial charge in [0, 0.05) is 12.7 Å². The first-order valence-corrected chi connectivity index (χ1v) is 7.74. The summed E-state index contributed by atoms with van der Waals surface area (Å²) < 4.78 is 5.68. The molecule has 0 bridgehead atoms. The molecule has 0 amide bonds. The van der Waals surface area contributed by atoms with Crippen molar-refractivity contribution in [3.8, 4) is 5.75 Å². The minimum absolute atomic E-state index is 0.593. The molecule has 0 aliphatic carbocycles. The van der Waals surface area contributed by atoms with E-state index in [4.69, 9.17) is 17.0 Å². The average molecular weight is 314 g/mol. The maximum Gasteiger partial charge on any atom is 0.173 e. The Morgan fingerprint density at radius 2 is 1.82 bits per heavy atom. The van der Waals surface area contributed by atoms with E-state index < -0.39 is 0 Å². The molecule has 0 fully saturated rings. The van der Waals surface area contributed by atoms with Gasteiger partial charge in [0.1, 0.15) is 12.4 Å². The van der Waals surface area contributed by atoms with Crippen molar-refractivity contribution in [3.63, 3.8) is 0 Å². The van der Waals surface area contributed by atoms with Gasteiger partial charge in [-0.15, -0.1) is 0 Å². The Bertz CT molecular complexity index is 628. The molecule has 0 atom stereocenters. The molecular weight excluding hydrogens is 292 g/mol. The van der Waals surface area contributed by atoms with Crippen LogP contribution in [0.4, 0.5) is 5.69 Å². The smallest absolute Gasteiger partial charge is 0.173 e. The quantitative estimate of drug-likeness (QED) is 0.843. The van der Waals surface area contributed by atoms with Gasteiger partial charge in [0.15, 0.2) is 5.11 Å². The SMILES string of the molecule is Cc1ccc(NC(=S)N(C)CCOc2ccccc2)cc1C. The van der Waals surface area contributed by atoms with Crippen molar-refractivity contribution >= 4 is 23.0 Å². The first-order chi connectivity index (χ1) is 10.6. The van der Waals surface area contributed by atoms with Crippen molar-refractivity contribution in [2.45, 2.75) is 13.8 Å². The van der Waals surface area contributed by atoms with Gasteiger partial charge in [-0.3, -0.25) is 0 Å². The first kappa shape index (κ1) is 16.3. The Balaban J connectivity index is 1.80. The van der Waals surface area contributed by atoms with Gasteiger partial charge in [0.05, 0.1) is 6.54 Å². The fourth-order valence-electron chi connectivity index (χ4n) is 1.96. The van der Waals surface area contributed by atoms with E-state index in [1.54, 1.807) is 0 Å². The minimum Gasteiger partial charge on any atom is -0.492 e. The number of hydrogen-bond donors (Lipinski definition) is 1. The van der Waals surface area contributed by atoms with Crippen molar-refractivity contribution in [2.24, 2.45) is 0 Å². The van der Waals surface area contributed by atoms with E-state index in [0.29, 0.717) is 11.7 Å². The molecule has 0 aliphatic rings. The topological polar surface area (TPSA) is 24.5 Å². The number of anilines is 1. The van der Waals surface area contributed by atoms with Crippen LogP contribution in [0.5, 0.6) is 5.75 Å². The molecule has 0 saturated carbocycles. The molecular formula is C18H22N2OS. The summed E-state index contributed by atoms with van der Waals surface area (Å²) >= 11 is 5.42. The molecule has 1 N–H and O–H groups in total. The maximum absolute atomic E-state index is 5.68. The lowest BCUT2D eigenvalue weighted by atomic mass is 10.1. The molecule has 4 heteroatoms. The molecule has 0 unspecified atom stereocenters. The largest absolute Gasteiger partial charge is 0.492 e. The van der Waals surface area contributed by atoms with Gasteiger partial charge in [-0.05, 0) is 61.5 Å². The predicted octanol–water partition coefficient (Wildman–Crippen LogP) is 4.01. The molecule has 2 rings (SSSR count). The lowest BCUT2D eigenvalue weighted by Gasteiger charge is -2.21. The first-order valence-electron chi connectivity index (χ1n) is 7.33. The average Bonchev–Trinajstić information content (AvgIpc) is 2.52. The van der Waals surface area contributed by atoms with E-state index in [9.17, 15) is 0 Å². The van der Waals surface area contributed by atoms with E-state index in [-0.39, 0.29) is 0 Å². The molecule has 0 aromatic heterocycles. The Morgan fingerprint density at radius 3 is 2.50 bits per heavy atom. The number of nitrogens with one attached hydrogen (secondary N) is 1. The minimum atomic E-state index is 0.593. The molecule has 2 aromatic carbocycles. The van der Waals surface area contributed by atoms with Gasteiger partial charge in [-0.25, -0.2) is 0 Å². The van der Waals surface area contributed by atoms with Crippen molar-refractivity contribution in [1.29, 1.82) is 0 Å². The van der Waals surface area contributed by atoms with Gasteiger partial charge in [-0.2, -0.15) is 0 Å². The molecule has 2 aromatic rings. The van der Waals surface area contributed by atoms with E-state index in [2.05, 4.69) is 31.3 Å². The van der Waals surface area contributed by atoms with Crippen molar-refractivity contribution in [2.75, 3.05) is 25.5 Å². The molecule has 0 heterocycles. The van der Waals surface area contributed by atoms with E-state index in [0.717, 1.165) is 18.0 Å². The fraction of sp³-hybridized carbons (Fsp3) is 0.278. The molecule has 3 nitrogen and oxygen atoms in total. The summed E-state index contributed by atoms with van der Waals surface area (Å²) in [6.45, 7) is 5.52. The number of rotatable bonds is 5. The highest BCUT2D eigenvalue weighted by Crippen LogP contribution is 2.14. The van der Waals surface area contributed by atoms with Crippen LogP contribution < -0.4 is 10.1 Å².